The first-order valence-electron chi connectivity index (χ1n) is 6.43. The molecule has 1 aromatic heterocycles. The minimum atomic E-state index is -3.62. The first kappa shape index (κ1) is 16.8. The van der Waals surface area contributed by atoms with Gasteiger partial charge < -0.3 is 10.2 Å². The second kappa shape index (κ2) is 7.53. The maximum Gasteiger partial charge on any atom is 0.242 e. The summed E-state index contributed by atoms with van der Waals surface area (Å²) in [5, 5.41) is 0. The SMILES string of the molecule is CCOCC(NS(=O)(=O)c1ccc(NN)nc1)C(C)C. The van der Waals surface area contributed by atoms with Crippen LogP contribution >= 0.6 is 0 Å². The Kier molecular flexibility index (Phi) is 6.34. The fourth-order valence-electron chi connectivity index (χ4n) is 1.50. The maximum atomic E-state index is 12.3. The third-order valence-electron chi connectivity index (χ3n) is 2.81. The van der Waals surface area contributed by atoms with Crippen LogP contribution in [0.5, 0.6) is 0 Å². The highest BCUT2D eigenvalue weighted by atomic mass is 32.2. The lowest BCUT2D eigenvalue weighted by atomic mass is 10.1. The summed E-state index contributed by atoms with van der Waals surface area (Å²) in [5.41, 5.74) is 2.35. The van der Waals surface area contributed by atoms with Gasteiger partial charge in [0, 0.05) is 18.8 Å². The number of sulfonamides is 1. The van der Waals surface area contributed by atoms with E-state index < -0.39 is 10.0 Å². The van der Waals surface area contributed by atoms with Crippen molar-refractivity contribution in [3.8, 4) is 0 Å². The molecule has 8 heteroatoms. The summed E-state index contributed by atoms with van der Waals surface area (Å²) >= 11 is 0. The number of anilines is 1. The Morgan fingerprint density at radius 2 is 2.10 bits per heavy atom. The Labute approximate surface area is 119 Å². The Hall–Kier alpha value is -1.22. The van der Waals surface area contributed by atoms with Gasteiger partial charge in [-0.25, -0.2) is 24.0 Å². The Bertz CT molecular complexity index is 502. The zero-order valence-electron chi connectivity index (χ0n) is 12.0. The van der Waals surface area contributed by atoms with E-state index in [4.69, 9.17) is 10.6 Å². The molecule has 0 saturated heterocycles. The van der Waals surface area contributed by atoms with Crippen LogP contribution in [0, 0.1) is 5.92 Å². The highest BCUT2D eigenvalue weighted by molar-refractivity contribution is 7.89. The van der Waals surface area contributed by atoms with Crippen LogP contribution in [0.4, 0.5) is 5.82 Å². The molecule has 20 heavy (non-hydrogen) atoms. The average molecular weight is 302 g/mol. The average Bonchev–Trinajstić information content (AvgIpc) is 2.43. The van der Waals surface area contributed by atoms with Gasteiger partial charge in [0.05, 0.1) is 6.61 Å². The van der Waals surface area contributed by atoms with Gasteiger partial charge in [-0.2, -0.15) is 0 Å². The Morgan fingerprint density at radius 1 is 1.40 bits per heavy atom. The molecule has 1 atom stereocenters. The molecule has 0 amide bonds. The molecule has 0 spiro atoms. The quantitative estimate of drug-likeness (QED) is 0.482. The van der Waals surface area contributed by atoms with Crippen LogP contribution in [0.3, 0.4) is 0 Å². The van der Waals surface area contributed by atoms with Crippen LogP contribution in [-0.4, -0.2) is 32.7 Å². The highest BCUT2D eigenvalue weighted by Gasteiger charge is 2.22. The molecule has 1 unspecified atom stereocenters. The van der Waals surface area contributed by atoms with Gasteiger partial charge in [0.25, 0.3) is 0 Å². The van der Waals surface area contributed by atoms with Crippen molar-refractivity contribution in [3.63, 3.8) is 0 Å². The van der Waals surface area contributed by atoms with E-state index in [0.29, 0.717) is 19.0 Å². The zero-order chi connectivity index (χ0) is 15.2. The number of hydrazine groups is 1. The number of nitrogens with two attached hydrogens (primary N) is 1. The van der Waals surface area contributed by atoms with Gasteiger partial charge >= 0.3 is 0 Å². The van der Waals surface area contributed by atoms with Gasteiger partial charge in [-0.1, -0.05) is 13.8 Å². The smallest absolute Gasteiger partial charge is 0.242 e. The summed E-state index contributed by atoms with van der Waals surface area (Å²) in [6.07, 6.45) is 1.26. The van der Waals surface area contributed by atoms with E-state index in [2.05, 4.69) is 15.1 Å². The lowest BCUT2D eigenvalue weighted by Gasteiger charge is -2.21. The number of rotatable bonds is 8. The normalized spacial score (nSPS) is 13.4. The highest BCUT2D eigenvalue weighted by Crippen LogP contribution is 2.13. The van der Waals surface area contributed by atoms with Crippen LogP contribution in [-0.2, 0) is 14.8 Å². The van der Waals surface area contributed by atoms with Gasteiger partial charge in [0.15, 0.2) is 0 Å². The van der Waals surface area contributed by atoms with E-state index in [9.17, 15) is 8.42 Å². The molecule has 0 radical (unpaired) electrons. The maximum absolute atomic E-state index is 12.3. The number of nitrogens with zero attached hydrogens (tertiary/aromatic N) is 1. The minimum Gasteiger partial charge on any atom is -0.380 e. The van der Waals surface area contributed by atoms with Crippen LogP contribution in [0.2, 0.25) is 0 Å². The molecule has 0 aliphatic rings. The summed E-state index contributed by atoms with van der Waals surface area (Å²) in [4.78, 5) is 3.99. The summed E-state index contributed by atoms with van der Waals surface area (Å²) in [6, 6.07) is 2.66. The van der Waals surface area contributed by atoms with Crippen molar-refractivity contribution in [1.82, 2.24) is 9.71 Å². The monoisotopic (exact) mass is 302 g/mol. The lowest BCUT2D eigenvalue weighted by molar-refractivity contribution is 0.116. The van der Waals surface area contributed by atoms with E-state index in [1.165, 1.54) is 18.3 Å². The number of ether oxygens (including phenoxy) is 1. The topological polar surface area (TPSA) is 106 Å². The molecule has 0 fully saturated rings. The number of aromatic nitrogens is 1. The predicted octanol–water partition coefficient (Wildman–Crippen LogP) is 0.707. The van der Waals surface area contributed by atoms with Crippen molar-refractivity contribution < 1.29 is 13.2 Å². The van der Waals surface area contributed by atoms with Gasteiger partial charge in [-0.15, -0.1) is 0 Å². The number of hydrogen-bond donors (Lipinski definition) is 3. The van der Waals surface area contributed by atoms with Crippen molar-refractivity contribution in [1.29, 1.82) is 0 Å². The summed E-state index contributed by atoms with van der Waals surface area (Å²) in [6.45, 7) is 6.62. The molecule has 1 heterocycles. The second-order valence-corrected chi connectivity index (χ2v) is 6.37. The standard InChI is InChI=1S/C12H22N4O3S/c1-4-19-8-11(9(2)3)16-20(17,18)10-5-6-12(15-13)14-7-10/h5-7,9,11,16H,4,8,13H2,1-3H3,(H,14,15). The summed E-state index contributed by atoms with van der Waals surface area (Å²) < 4.78 is 32.4. The molecular weight excluding hydrogens is 280 g/mol. The number of nitrogen functional groups attached to an aromatic ring is 1. The number of pyridine rings is 1. The zero-order valence-corrected chi connectivity index (χ0v) is 12.8. The van der Waals surface area contributed by atoms with Crippen molar-refractivity contribution in [2.24, 2.45) is 11.8 Å². The fourth-order valence-corrected chi connectivity index (χ4v) is 2.81. The van der Waals surface area contributed by atoms with E-state index in [-0.39, 0.29) is 16.9 Å². The van der Waals surface area contributed by atoms with Crippen molar-refractivity contribution in [2.75, 3.05) is 18.6 Å². The van der Waals surface area contributed by atoms with Crippen LogP contribution in [0.15, 0.2) is 23.2 Å². The Balaban J connectivity index is 2.85. The van der Waals surface area contributed by atoms with Crippen molar-refractivity contribution in [3.05, 3.63) is 18.3 Å². The molecule has 0 saturated carbocycles. The molecule has 0 bridgehead atoms. The third kappa shape index (κ3) is 4.71. The Morgan fingerprint density at radius 3 is 2.55 bits per heavy atom. The largest absolute Gasteiger partial charge is 0.380 e. The molecule has 0 aliphatic carbocycles. The predicted molar refractivity (Wildman–Crippen MR) is 77.5 cm³/mol. The fraction of sp³-hybridized carbons (Fsp3) is 0.583. The van der Waals surface area contributed by atoms with E-state index in [1.807, 2.05) is 20.8 Å². The molecule has 1 aromatic rings. The van der Waals surface area contributed by atoms with E-state index in [0.717, 1.165) is 0 Å². The first-order chi connectivity index (χ1) is 9.40. The second-order valence-electron chi connectivity index (χ2n) is 4.65. The minimum absolute atomic E-state index is 0.0960. The van der Waals surface area contributed by atoms with Crippen molar-refractivity contribution in [2.45, 2.75) is 31.7 Å². The summed E-state index contributed by atoms with van der Waals surface area (Å²) in [5.74, 6) is 5.71. The number of hydrogen-bond acceptors (Lipinski definition) is 6. The van der Waals surface area contributed by atoms with Crippen LogP contribution in [0.1, 0.15) is 20.8 Å². The number of nitrogens with one attached hydrogen (secondary N) is 2. The van der Waals surface area contributed by atoms with Gasteiger partial charge in [0.1, 0.15) is 10.7 Å². The molecule has 0 aliphatic heterocycles. The molecular formula is C12H22N4O3S. The van der Waals surface area contributed by atoms with Crippen LogP contribution < -0.4 is 16.0 Å². The molecule has 4 N–H and O–H groups in total. The molecule has 1 rings (SSSR count). The van der Waals surface area contributed by atoms with Gasteiger partial charge in [-0.05, 0) is 25.0 Å². The molecule has 0 aromatic carbocycles. The van der Waals surface area contributed by atoms with Crippen LogP contribution in [0.25, 0.3) is 0 Å². The third-order valence-corrected chi connectivity index (χ3v) is 4.28. The van der Waals surface area contributed by atoms with Crippen molar-refractivity contribution >= 4 is 15.8 Å². The van der Waals surface area contributed by atoms with Gasteiger partial charge in [-0.3, -0.25) is 0 Å². The lowest BCUT2D eigenvalue weighted by Crippen LogP contribution is -2.41. The summed E-state index contributed by atoms with van der Waals surface area (Å²) in [7, 11) is -3.62. The van der Waals surface area contributed by atoms with E-state index in [1.54, 1.807) is 0 Å². The van der Waals surface area contributed by atoms with Gasteiger partial charge in [0.2, 0.25) is 10.0 Å². The first-order valence-corrected chi connectivity index (χ1v) is 7.91. The molecule has 7 nitrogen and oxygen atoms in total. The molecule has 114 valence electrons. The van der Waals surface area contributed by atoms with E-state index >= 15 is 0 Å².